The summed E-state index contributed by atoms with van der Waals surface area (Å²) in [5.41, 5.74) is 8.62. The zero-order chi connectivity index (χ0) is 10.8. The van der Waals surface area contributed by atoms with Crippen LogP contribution < -0.4 is 11.1 Å². The lowest BCUT2D eigenvalue weighted by Gasteiger charge is -2.08. The van der Waals surface area contributed by atoms with Crippen molar-refractivity contribution >= 4 is 39.3 Å². The van der Waals surface area contributed by atoms with Gasteiger partial charge in [-0.2, -0.15) is 0 Å². The van der Waals surface area contributed by atoms with E-state index in [4.69, 9.17) is 17.3 Å². The molecule has 78 valence electrons. The summed E-state index contributed by atoms with van der Waals surface area (Å²) in [7, 11) is 0. The van der Waals surface area contributed by atoms with Crippen LogP contribution in [0.3, 0.4) is 0 Å². The Morgan fingerprint density at radius 2 is 2.13 bits per heavy atom. The molecule has 0 saturated carbocycles. The third-order valence-corrected chi connectivity index (χ3v) is 3.29. The number of nitrogen functional groups attached to an aromatic ring is 1. The van der Waals surface area contributed by atoms with Gasteiger partial charge in [0.1, 0.15) is 0 Å². The molecule has 0 aliphatic heterocycles. The van der Waals surface area contributed by atoms with Gasteiger partial charge in [0.05, 0.1) is 16.4 Å². The molecule has 1 aromatic carbocycles. The Labute approximate surface area is 97.7 Å². The molecule has 0 radical (unpaired) electrons. The Hall–Kier alpha value is -1.19. The third-order valence-electron chi connectivity index (χ3n) is 2.12. The predicted molar refractivity (Wildman–Crippen MR) is 68.2 cm³/mol. The highest BCUT2D eigenvalue weighted by atomic mass is 35.5. The van der Waals surface area contributed by atoms with Crippen molar-refractivity contribution in [2.75, 3.05) is 11.1 Å². The molecule has 3 N–H and O–H groups in total. The van der Waals surface area contributed by atoms with E-state index in [2.05, 4.69) is 18.3 Å². The molecule has 0 aliphatic carbocycles. The molecule has 2 rings (SSSR count). The lowest BCUT2D eigenvalue weighted by molar-refractivity contribution is 1.50. The van der Waals surface area contributed by atoms with E-state index in [9.17, 15) is 0 Å². The van der Waals surface area contributed by atoms with E-state index in [-0.39, 0.29) is 0 Å². The van der Waals surface area contributed by atoms with Gasteiger partial charge >= 0.3 is 0 Å². The number of halogens is 1. The summed E-state index contributed by atoms with van der Waals surface area (Å²) in [6, 6.07) is 7.52. The highest BCUT2D eigenvalue weighted by molar-refractivity contribution is 7.14. The number of nitrogens with two attached hydrogens (primary N) is 1. The van der Waals surface area contributed by atoms with Crippen LogP contribution in [0, 0.1) is 6.92 Å². The number of hydrogen-bond acceptors (Lipinski definition) is 3. The van der Waals surface area contributed by atoms with Crippen molar-refractivity contribution < 1.29 is 0 Å². The van der Waals surface area contributed by atoms with Crippen LogP contribution >= 0.6 is 22.9 Å². The summed E-state index contributed by atoms with van der Waals surface area (Å²) < 4.78 is 0. The Morgan fingerprint density at radius 3 is 2.73 bits per heavy atom. The van der Waals surface area contributed by atoms with Crippen molar-refractivity contribution in [3.63, 3.8) is 0 Å². The van der Waals surface area contributed by atoms with E-state index in [1.807, 2.05) is 17.5 Å². The molecule has 0 aliphatic rings. The van der Waals surface area contributed by atoms with Crippen molar-refractivity contribution in [3.8, 4) is 0 Å². The Morgan fingerprint density at radius 1 is 1.33 bits per heavy atom. The minimum Gasteiger partial charge on any atom is -0.397 e. The van der Waals surface area contributed by atoms with E-state index in [1.165, 1.54) is 5.56 Å². The van der Waals surface area contributed by atoms with Gasteiger partial charge < -0.3 is 11.1 Å². The first-order chi connectivity index (χ1) is 7.16. The van der Waals surface area contributed by atoms with Crippen LogP contribution in [0.2, 0.25) is 5.02 Å². The van der Waals surface area contributed by atoms with E-state index < -0.39 is 0 Å². The highest BCUT2D eigenvalue weighted by Crippen LogP contribution is 2.30. The van der Waals surface area contributed by atoms with Gasteiger partial charge in [-0.05, 0) is 42.1 Å². The number of thiophene rings is 1. The molecule has 1 heterocycles. The monoisotopic (exact) mass is 238 g/mol. The number of aryl methyl sites for hydroxylation is 1. The fourth-order valence-electron chi connectivity index (χ4n) is 1.27. The average molecular weight is 239 g/mol. The van der Waals surface area contributed by atoms with Gasteiger partial charge in [-0.25, -0.2) is 0 Å². The normalized spacial score (nSPS) is 10.3. The minimum absolute atomic E-state index is 0.654. The second-order valence-electron chi connectivity index (χ2n) is 3.29. The smallest absolute Gasteiger partial charge is 0.0956 e. The van der Waals surface area contributed by atoms with Crippen molar-refractivity contribution in [2.24, 2.45) is 0 Å². The van der Waals surface area contributed by atoms with Crippen molar-refractivity contribution in [2.45, 2.75) is 6.92 Å². The predicted octanol–water partition coefficient (Wildman–Crippen LogP) is 4.04. The molecule has 0 spiro atoms. The van der Waals surface area contributed by atoms with E-state index in [0.717, 1.165) is 10.7 Å². The third kappa shape index (κ3) is 2.25. The lowest BCUT2D eigenvalue weighted by Crippen LogP contribution is -1.95. The Balaban J connectivity index is 2.29. The summed E-state index contributed by atoms with van der Waals surface area (Å²) in [4.78, 5) is 0. The fraction of sp³-hybridized carbons (Fsp3) is 0.0909. The fourth-order valence-corrected chi connectivity index (χ4v) is 2.28. The van der Waals surface area contributed by atoms with Gasteiger partial charge in [0.15, 0.2) is 0 Å². The van der Waals surface area contributed by atoms with Gasteiger partial charge in [-0.15, -0.1) is 11.3 Å². The number of anilines is 3. The second-order valence-corrected chi connectivity index (χ2v) is 4.64. The minimum atomic E-state index is 0.654. The molecule has 15 heavy (non-hydrogen) atoms. The zero-order valence-corrected chi connectivity index (χ0v) is 9.82. The molecular weight excluding hydrogens is 228 g/mol. The van der Waals surface area contributed by atoms with Crippen LogP contribution in [-0.4, -0.2) is 0 Å². The SMILES string of the molecule is Cc1ccsc1Nc1ccc(Cl)cc1N. The van der Waals surface area contributed by atoms with Crippen LogP contribution in [0.4, 0.5) is 16.4 Å². The van der Waals surface area contributed by atoms with Crippen molar-refractivity contribution in [1.82, 2.24) is 0 Å². The summed E-state index contributed by atoms with van der Waals surface area (Å²) in [6.07, 6.45) is 0. The van der Waals surface area contributed by atoms with Crippen LogP contribution in [0.25, 0.3) is 0 Å². The first-order valence-corrected chi connectivity index (χ1v) is 5.79. The standard InChI is InChI=1S/C11H11ClN2S/c1-7-4-5-15-11(7)14-10-3-2-8(12)6-9(10)13/h2-6,14H,13H2,1H3. The van der Waals surface area contributed by atoms with Gasteiger partial charge in [0.25, 0.3) is 0 Å². The Bertz CT molecular complexity index is 479. The highest BCUT2D eigenvalue weighted by Gasteiger charge is 2.03. The van der Waals surface area contributed by atoms with Crippen LogP contribution in [0.15, 0.2) is 29.6 Å². The quantitative estimate of drug-likeness (QED) is 0.775. The topological polar surface area (TPSA) is 38.0 Å². The van der Waals surface area contributed by atoms with Gasteiger partial charge in [-0.1, -0.05) is 11.6 Å². The second kappa shape index (κ2) is 4.13. The first kappa shape index (κ1) is 10.3. The molecule has 2 aromatic rings. The summed E-state index contributed by atoms with van der Waals surface area (Å²) in [5, 5.41) is 7.10. The molecule has 4 heteroatoms. The molecular formula is C11H11ClN2S. The van der Waals surface area contributed by atoms with Crippen LogP contribution in [0.5, 0.6) is 0 Å². The maximum atomic E-state index is 5.85. The number of nitrogens with one attached hydrogen (secondary N) is 1. The van der Waals surface area contributed by atoms with E-state index in [0.29, 0.717) is 10.7 Å². The van der Waals surface area contributed by atoms with Gasteiger partial charge in [0.2, 0.25) is 0 Å². The van der Waals surface area contributed by atoms with Crippen LogP contribution in [0.1, 0.15) is 5.56 Å². The maximum absolute atomic E-state index is 5.85. The van der Waals surface area contributed by atoms with Crippen molar-refractivity contribution in [1.29, 1.82) is 0 Å². The van der Waals surface area contributed by atoms with E-state index in [1.54, 1.807) is 17.4 Å². The summed E-state index contributed by atoms with van der Waals surface area (Å²) in [5.74, 6) is 0. The molecule has 0 saturated heterocycles. The van der Waals surface area contributed by atoms with Crippen LogP contribution in [-0.2, 0) is 0 Å². The molecule has 1 aromatic heterocycles. The number of hydrogen-bond donors (Lipinski definition) is 2. The largest absolute Gasteiger partial charge is 0.397 e. The first-order valence-electron chi connectivity index (χ1n) is 4.53. The lowest BCUT2D eigenvalue weighted by atomic mass is 10.2. The Kier molecular flexibility index (Phi) is 2.84. The number of rotatable bonds is 2. The summed E-state index contributed by atoms with van der Waals surface area (Å²) >= 11 is 7.48. The molecule has 0 atom stereocenters. The zero-order valence-electron chi connectivity index (χ0n) is 8.25. The van der Waals surface area contributed by atoms with E-state index >= 15 is 0 Å². The van der Waals surface area contributed by atoms with Gasteiger partial charge in [0, 0.05) is 5.02 Å². The average Bonchev–Trinajstić information content (AvgIpc) is 2.57. The maximum Gasteiger partial charge on any atom is 0.0956 e. The molecule has 2 nitrogen and oxygen atoms in total. The molecule has 0 fully saturated rings. The number of benzene rings is 1. The molecule has 0 bridgehead atoms. The summed E-state index contributed by atoms with van der Waals surface area (Å²) in [6.45, 7) is 2.06. The van der Waals surface area contributed by atoms with Gasteiger partial charge in [-0.3, -0.25) is 0 Å². The molecule has 0 unspecified atom stereocenters. The molecule has 0 amide bonds. The van der Waals surface area contributed by atoms with Crippen molar-refractivity contribution in [3.05, 3.63) is 40.2 Å².